The van der Waals surface area contributed by atoms with E-state index in [2.05, 4.69) is 25.6 Å². The molecule has 0 aliphatic heterocycles. The molecule has 0 aliphatic rings. The van der Waals surface area contributed by atoms with E-state index in [1.165, 1.54) is 0 Å². The molecule has 2 rings (SSSR count). The molecule has 78 valence electrons. The molecule has 0 saturated heterocycles. The highest BCUT2D eigenvalue weighted by Gasteiger charge is 1.97. The van der Waals surface area contributed by atoms with Gasteiger partial charge in [-0.15, -0.1) is 11.3 Å². The van der Waals surface area contributed by atoms with E-state index in [4.69, 9.17) is 0 Å². The maximum absolute atomic E-state index is 4.25. The van der Waals surface area contributed by atoms with Crippen molar-refractivity contribution in [1.29, 1.82) is 0 Å². The van der Waals surface area contributed by atoms with E-state index in [0.29, 0.717) is 5.95 Å². The fraction of sp³-hybridized carbons (Fsp3) is 0.300. The predicted molar refractivity (Wildman–Crippen MR) is 61.1 cm³/mol. The van der Waals surface area contributed by atoms with Crippen LogP contribution in [-0.2, 0) is 6.42 Å². The van der Waals surface area contributed by atoms with Crippen LogP contribution in [0.3, 0.4) is 0 Å². The maximum Gasteiger partial charge on any atom is 0.222 e. The molecule has 0 fully saturated rings. The van der Waals surface area contributed by atoms with Crippen molar-refractivity contribution in [2.75, 3.05) is 11.9 Å². The Kier molecular flexibility index (Phi) is 3.24. The number of nitrogens with one attached hydrogen (secondary N) is 1. The monoisotopic (exact) mass is 220 g/mol. The van der Waals surface area contributed by atoms with E-state index < -0.39 is 0 Å². The van der Waals surface area contributed by atoms with Crippen molar-refractivity contribution in [3.63, 3.8) is 0 Å². The van der Waals surface area contributed by atoms with Crippen LogP contribution in [0.25, 0.3) is 0 Å². The summed E-state index contributed by atoms with van der Waals surface area (Å²) >= 11 is 1.62. The Balaban J connectivity index is 1.83. The van der Waals surface area contributed by atoms with Crippen LogP contribution in [0.4, 0.5) is 5.95 Å². The van der Waals surface area contributed by atoms with E-state index in [-0.39, 0.29) is 0 Å². The summed E-state index contributed by atoms with van der Waals surface area (Å²) in [6, 6.07) is 1.88. The van der Waals surface area contributed by atoms with Gasteiger partial charge in [0.2, 0.25) is 5.95 Å². The lowest BCUT2D eigenvalue weighted by Crippen LogP contribution is -2.08. The first kappa shape index (κ1) is 10.0. The smallest absolute Gasteiger partial charge is 0.222 e. The normalized spacial score (nSPS) is 10.2. The molecule has 0 aromatic carbocycles. The average molecular weight is 220 g/mol. The van der Waals surface area contributed by atoms with Crippen LogP contribution in [0.1, 0.15) is 11.4 Å². The van der Waals surface area contributed by atoms with Gasteiger partial charge in [-0.2, -0.15) is 0 Å². The Morgan fingerprint density at radius 1 is 1.40 bits per heavy atom. The van der Waals surface area contributed by atoms with Gasteiger partial charge in [-0.05, 0) is 13.0 Å². The summed E-state index contributed by atoms with van der Waals surface area (Å²) in [6.07, 6.45) is 2.66. The van der Waals surface area contributed by atoms with Crippen LogP contribution in [0.15, 0.2) is 23.2 Å². The fourth-order valence-electron chi connectivity index (χ4n) is 1.20. The number of aromatic nitrogens is 3. The van der Waals surface area contributed by atoms with Crippen LogP contribution in [0, 0.1) is 6.92 Å². The lowest BCUT2D eigenvalue weighted by molar-refractivity contribution is 0.947. The third-order valence-electron chi connectivity index (χ3n) is 1.94. The van der Waals surface area contributed by atoms with Crippen LogP contribution < -0.4 is 5.32 Å². The van der Waals surface area contributed by atoms with Gasteiger partial charge >= 0.3 is 0 Å². The van der Waals surface area contributed by atoms with E-state index in [1.807, 2.05) is 18.5 Å². The summed E-state index contributed by atoms with van der Waals surface area (Å²) in [5.41, 5.74) is 3.93. The first-order valence-corrected chi connectivity index (χ1v) is 5.69. The molecule has 0 saturated carbocycles. The van der Waals surface area contributed by atoms with E-state index >= 15 is 0 Å². The van der Waals surface area contributed by atoms with Crippen LogP contribution in [0.5, 0.6) is 0 Å². The maximum atomic E-state index is 4.25. The average Bonchev–Trinajstić information content (AvgIpc) is 2.71. The lowest BCUT2D eigenvalue weighted by Gasteiger charge is -2.03. The minimum Gasteiger partial charge on any atom is -0.354 e. The van der Waals surface area contributed by atoms with Crippen molar-refractivity contribution in [1.82, 2.24) is 15.0 Å². The van der Waals surface area contributed by atoms with Gasteiger partial charge in [-0.1, -0.05) is 0 Å². The number of hydrogen-bond acceptors (Lipinski definition) is 5. The molecular formula is C10H12N4S. The van der Waals surface area contributed by atoms with Crippen LogP contribution in [0.2, 0.25) is 0 Å². The number of thiazole rings is 1. The molecule has 0 radical (unpaired) electrons. The van der Waals surface area contributed by atoms with Gasteiger partial charge in [0.25, 0.3) is 0 Å². The number of nitrogens with zero attached hydrogens (tertiary/aromatic N) is 3. The van der Waals surface area contributed by atoms with Crippen molar-refractivity contribution in [3.8, 4) is 0 Å². The SMILES string of the molecule is Cc1ccnc(NCCc2cscn2)n1. The highest BCUT2D eigenvalue weighted by molar-refractivity contribution is 7.07. The Hall–Kier alpha value is -1.49. The topological polar surface area (TPSA) is 50.7 Å². The Labute approximate surface area is 92.4 Å². The molecule has 1 N–H and O–H groups in total. The number of hydrogen-bond donors (Lipinski definition) is 1. The molecule has 0 atom stereocenters. The Morgan fingerprint density at radius 3 is 3.07 bits per heavy atom. The van der Waals surface area contributed by atoms with E-state index in [0.717, 1.165) is 24.4 Å². The molecule has 15 heavy (non-hydrogen) atoms. The zero-order chi connectivity index (χ0) is 10.5. The zero-order valence-electron chi connectivity index (χ0n) is 8.47. The summed E-state index contributed by atoms with van der Waals surface area (Å²) < 4.78 is 0. The summed E-state index contributed by atoms with van der Waals surface area (Å²) in [5.74, 6) is 0.685. The molecule has 5 heteroatoms. The summed E-state index contributed by atoms with van der Waals surface area (Å²) in [6.45, 7) is 2.76. The number of aryl methyl sites for hydroxylation is 1. The molecule has 0 spiro atoms. The van der Waals surface area contributed by atoms with E-state index in [9.17, 15) is 0 Å². The van der Waals surface area contributed by atoms with Gasteiger partial charge in [0.05, 0.1) is 11.2 Å². The van der Waals surface area contributed by atoms with Gasteiger partial charge in [0, 0.05) is 30.2 Å². The van der Waals surface area contributed by atoms with Crippen molar-refractivity contribution in [2.24, 2.45) is 0 Å². The molecule has 2 aromatic heterocycles. The minimum absolute atomic E-state index is 0.685. The van der Waals surface area contributed by atoms with Gasteiger partial charge < -0.3 is 5.32 Å². The molecule has 0 amide bonds. The second-order valence-corrected chi connectivity index (χ2v) is 3.90. The van der Waals surface area contributed by atoms with E-state index in [1.54, 1.807) is 17.5 Å². The van der Waals surface area contributed by atoms with Crippen molar-refractivity contribution in [2.45, 2.75) is 13.3 Å². The first-order valence-electron chi connectivity index (χ1n) is 4.75. The Morgan fingerprint density at radius 2 is 2.33 bits per heavy atom. The standard InChI is InChI=1S/C10H12N4S/c1-8-2-4-11-10(14-8)12-5-3-9-6-15-7-13-9/h2,4,6-7H,3,5H2,1H3,(H,11,12,14). The van der Waals surface area contributed by atoms with Gasteiger partial charge in [-0.25, -0.2) is 15.0 Å². The molecule has 2 aromatic rings. The summed E-state index contributed by atoms with van der Waals surface area (Å²) in [4.78, 5) is 12.6. The highest BCUT2D eigenvalue weighted by atomic mass is 32.1. The van der Waals surface area contributed by atoms with Crippen molar-refractivity contribution < 1.29 is 0 Å². The van der Waals surface area contributed by atoms with Gasteiger partial charge in [0.15, 0.2) is 0 Å². The number of anilines is 1. The van der Waals surface area contributed by atoms with Crippen LogP contribution >= 0.6 is 11.3 Å². The predicted octanol–water partition coefficient (Wildman–Crippen LogP) is 1.90. The third-order valence-corrected chi connectivity index (χ3v) is 2.58. The second kappa shape index (κ2) is 4.84. The fourth-order valence-corrected chi connectivity index (χ4v) is 1.79. The largest absolute Gasteiger partial charge is 0.354 e. The minimum atomic E-state index is 0.685. The third kappa shape index (κ3) is 2.99. The van der Waals surface area contributed by atoms with Crippen molar-refractivity contribution >= 4 is 17.3 Å². The van der Waals surface area contributed by atoms with Gasteiger partial charge in [0.1, 0.15) is 0 Å². The van der Waals surface area contributed by atoms with Crippen molar-refractivity contribution in [3.05, 3.63) is 34.5 Å². The molecule has 0 unspecified atom stereocenters. The summed E-state index contributed by atoms with van der Waals surface area (Å²) in [5, 5.41) is 5.22. The lowest BCUT2D eigenvalue weighted by atomic mass is 10.3. The van der Waals surface area contributed by atoms with Gasteiger partial charge in [-0.3, -0.25) is 0 Å². The quantitative estimate of drug-likeness (QED) is 0.855. The Bertz CT molecular complexity index is 413. The molecule has 0 aliphatic carbocycles. The molecular weight excluding hydrogens is 208 g/mol. The second-order valence-electron chi connectivity index (χ2n) is 3.18. The molecule has 4 nitrogen and oxygen atoms in total. The molecule has 2 heterocycles. The number of rotatable bonds is 4. The zero-order valence-corrected chi connectivity index (χ0v) is 9.29. The first-order chi connectivity index (χ1) is 7.34. The van der Waals surface area contributed by atoms with Crippen LogP contribution in [-0.4, -0.2) is 21.5 Å². The highest BCUT2D eigenvalue weighted by Crippen LogP contribution is 2.03. The molecule has 0 bridgehead atoms. The summed E-state index contributed by atoms with van der Waals surface area (Å²) in [7, 11) is 0.